The van der Waals surface area contributed by atoms with Crippen LogP contribution in [0.3, 0.4) is 0 Å². The van der Waals surface area contributed by atoms with Gasteiger partial charge in [-0.25, -0.2) is 22.4 Å². The number of hydrogen-bond acceptors (Lipinski definition) is 7. The van der Waals surface area contributed by atoms with Gasteiger partial charge in [-0.2, -0.15) is 0 Å². The van der Waals surface area contributed by atoms with Crippen molar-refractivity contribution in [1.29, 1.82) is 0 Å². The number of carbonyl (C=O) groups excluding carboxylic acids is 2. The third kappa shape index (κ3) is 5.78. The van der Waals surface area contributed by atoms with Gasteiger partial charge >= 0.3 is 12.2 Å². The average Bonchev–Trinajstić information content (AvgIpc) is 2.44. The molecule has 0 aliphatic carbocycles. The van der Waals surface area contributed by atoms with Crippen molar-refractivity contribution in [2.75, 3.05) is 26.5 Å². The predicted octanol–water partition coefficient (Wildman–Crippen LogP) is 1.81. The minimum Gasteiger partial charge on any atom is -0.449 e. The standard InChI is InChI=1S/C10H19N3O5S2/c1-6-13(10(15)17-7-2)20(16)12(4)9(14)18-11-8(3)19-5/h6-7H2,1-5H3. The summed E-state index contributed by atoms with van der Waals surface area (Å²) in [6, 6.07) is 0. The van der Waals surface area contributed by atoms with Gasteiger partial charge in [-0.3, -0.25) is 4.84 Å². The van der Waals surface area contributed by atoms with Gasteiger partial charge in [0.25, 0.3) is 0 Å². The Bertz CT molecular complexity index is 402. The molecule has 0 spiro atoms. The Morgan fingerprint density at radius 1 is 1.30 bits per heavy atom. The smallest absolute Gasteiger partial charge is 0.449 e. The van der Waals surface area contributed by atoms with E-state index in [1.54, 1.807) is 27.0 Å². The Morgan fingerprint density at radius 2 is 1.90 bits per heavy atom. The van der Waals surface area contributed by atoms with Crippen molar-refractivity contribution in [3.63, 3.8) is 0 Å². The highest BCUT2D eigenvalue weighted by Crippen LogP contribution is 2.06. The van der Waals surface area contributed by atoms with E-state index in [2.05, 4.69) is 9.99 Å². The summed E-state index contributed by atoms with van der Waals surface area (Å²) >= 11 is -0.736. The topological polar surface area (TPSA) is 88.5 Å². The van der Waals surface area contributed by atoms with Crippen molar-refractivity contribution in [2.24, 2.45) is 5.16 Å². The molecular formula is C10H19N3O5S2. The second-order valence-corrected chi connectivity index (χ2v) is 5.74. The Kier molecular flexibility index (Phi) is 8.97. The molecule has 8 nitrogen and oxygen atoms in total. The Balaban J connectivity index is 4.73. The molecule has 0 heterocycles. The summed E-state index contributed by atoms with van der Waals surface area (Å²) in [7, 11) is 1.24. The van der Waals surface area contributed by atoms with Gasteiger partial charge in [0.2, 0.25) is 11.2 Å². The van der Waals surface area contributed by atoms with Gasteiger partial charge in [-0.15, -0.1) is 11.8 Å². The molecule has 0 saturated carbocycles. The van der Waals surface area contributed by atoms with Gasteiger partial charge in [0.05, 0.1) is 6.61 Å². The van der Waals surface area contributed by atoms with Gasteiger partial charge in [0, 0.05) is 13.6 Å². The Morgan fingerprint density at radius 3 is 2.35 bits per heavy atom. The number of amides is 2. The first-order valence-electron chi connectivity index (χ1n) is 5.78. The minimum absolute atomic E-state index is 0.121. The van der Waals surface area contributed by atoms with E-state index in [9.17, 15) is 13.8 Å². The van der Waals surface area contributed by atoms with Crippen LogP contribution in [-0.4, -0.2) is 56.5 Å². The lowest BCUT2D eigenvalue weighted by molar-refractivity contribution is 0.127. The van der Waals surface area contributed by atoms with Crippen LogP contribution in [-0.2, 0) is 20.7 Å². The summed E-state index contributed by atoms with van der Waals surface area (Å²) in [5.41, 5.74) is 0. The molecule has 0 N–H and O–H groups in total. The molecule has 0 fully saturated rings. The summed E-state index contributed by atoms with van der Waals surface area (Å²) in [5, 5.41) is 4.07. The van der Waals surface area contributed by atoms with Crippen LogP contribution in [0.15, 0.2) is 5.16 Å². The van der Waals surface area contributed by atoms with Gasteiger partial charge in [0.1, 0.15) is 5.04 Å². The highest BCUT2D eigenvalue weighted by atomic mass is 32.2. The predicted molar refractivity (Wildman–Crippen MR) is 78.4 cm³/mol. The van der Waals surface area contributed by atoms with E-state index >= 15 is 0 Å². The van der Waals surface area contributed by atoms with E-state index in [1.165, 1.54) is 18.8 Å². The van der Waals surface area contributed by atoms with Crippen LogP contribution in [0.4, 0.5) is 9.59 Å². The first kappa shape index (κ1) is 18.7. The van der Waals surface area contributed by atoms with Crippen LogP contribution in [0.5, 0.6) is 0 Å². The van der Waals surface area contributed by atoms with Crippen LogP contribution in [0.1, 0.15) is 20.8 Å². The lowest BCUT2D eigenvalue weighted by Crippen LogP contribution is -2.43. The number of thioether (sulfide) groups is 1. The third-order valence-electron chi connectivity index (χ3n) is 1.99. The number of ether oxygens (including phenoxy) is 1. The van der Waals surface area contributed by atoms with Crippen LogP contribution >= 0.6 is 11.8 Å². The Hall–Kier alpha value is -1.29. The van der Waals surface area contributed by atoms with Crippen molar-refractivity contribution in [2.45, 2.75) is 20.8 Å². The molecule has 1 atom stereocenters. The first-order chi connectivity index (χ1) is 9.38. The molecule has 0 bridgehead atoms. The molecule has 0 aromatic carbocycles. The quantitative estimate of drug-likeness (QED) is 0.331. The molecule has 2 amide bonds. The molecule has 0 aromatic heterocycles. The van der Waals surface area contributed by atoms with Crippen LogP contribution in [0.2, 0.25) is 0 Å². The molecule has 0 saturated heterocycles. The second kappa shape index (κ2) is 9.59. The maximum atomic E-state index is 12.1. The van der Waals surface area contributed by atoms with Crippen molar-refractivity contribution < 1.29 is 23.4 Å². The molecular weight excluding hydrogens is 306 g/mol. The van der Waals surface area contributed by atoms with Gasteiger partial charge < -0.3 is 4.74 Å². The molecule has 0 radical (unpaired) electrons. The molecule has 0 aliphatic heterocycles. The highest BCUT2D eigenvalue weighted by Gasteiger charge is 2.27. The van der Waals surface area contributed by atoms with Crippen molar-refractivity contribution >= 4 is 40.2 Å². The monoisotopic (exact) mass is 325 g/mol. The lowest BCUT2D eigenvalue weighted by Gasteiger charge is -2.23. The summed E-state index contributed by atoms with van der Waals surface area (Å²) in [6.07, 6.45) is 0.0740. The lowest BCUT2D eigenvalue weighted by atomic mass is 10.7. The fourth-order valence-electron chi connectivity index (χ4n) is 0.908. The van der Waals surface area contributed by atoms with E-state index in [0.29, 0.717) is 5.04 Å². The SMILES string of the molecule is CCOC(=O)N(CC)S(=O)N(C)C(=O)ON=C(C)SC. The summed E-state index contributed by atoms with van der Waals surface area (Å²) in [4.78, 5) is 27.8. The van der Waals surface area contributed by atoms with E-state index < -0.39 is 23.4 Å². The molecule has 20 heavy (non-hydrogen) atoms. The first-order valence-corrected chi connectivity index (χ1v) is 8.07. The van der Waals surface area contributed by atoms with Gasteiger partial charge in [-0.1, -0.05) is 5.16 Å². The fourth-order valence-corrected chi connectivity index (χ4v) is 1.88. The number of oxime groups is 1. The summed E-state index contributed by atoms with van der Waals surface area (Å²) in [5.74, 6) is 0. The number of hydrogen-bond donors (Lipinski definition) is 0. The fraction of sp³-hybridized carbons (Fsp3) is 0.700. The van der Waals surface area contributed by atoms with Crippen LogP contribution in [0.25, 0.3) is 0 Å². The van der Waals surface area contributed by atoms with Crippen LogP contribution < -0.4 is 0 Å². The maximum absolute atomic E-state index is 12.1. The normalized spacial score (nSPS) is 12.6. The number of rotatable bonds is 5. The molecule has 0 aliphatic rings. The largest absolute Gasteiger partial charge is 0.449 e. The molecule has 1 unspecified atom stereocenters. The third-order valence-corrected chi connectivity index (χ3v) is 4.05. The molecule has 0 rings (SSSR count). The van der Waals surface area contributed by atoms with E-state index in [1.807, 2.05) is 0 Å². The van der Waals surface area contributed by atoms with Crippen molar-refractivity contribution in [3.8, 4) is 0 Å². The zero-order valence-corrected chi connectivity index (χ0v) is 13.7. The van der Waals surface area contributed by atoms with E-state index in [4.69, 9.17) is 4.74 Å². The van der Waals surface area contributed by atoms with Crippen molar-refractivity contribution in [1.82, 2.24) is 8.61 Å². The van der Waals surface area contributed by atoms with E-state index in [-0.39, 0.29) is 13.2 Å². The van der Waals surface area contributed by atoms with Crippen molar-refractivity contribution in [3.05, 3.63) is 0 Å². The van der Waals surface area contributed by atoms with Gasteiger partial charge in [-0.05, 0) is 27.0 Å². The zero-order chi connectivity index (χ0) is 15.7. The zero-order valence-electron chi connectivity index (χ0n) is 12.1. The van der Waals surface area contributed by atoms with Crippen LogP contribution in [0, 0.1) is 0 Å². The maximum Gasteiger partial charge on any atom is 0.449 e. The minimum atomic E-state index is -2.04. The van der Waals surface area contributed by atoms with E-state index in [0.717, 1.165) is 8.61 Å². The Labute approximate surface area is 125 Å². The molecule has 116 valence electrons. The molecule has 10 heteroatoms. The number of carbonyl (C=O) groups is 2. The summed E-state index contributed by atoms with van der Waals surface area (Å²) in [6.45, 7) is 5.18. The molecule has 0 aromatic rings. The number of nitrogens with zero attached hydrogens (tertiary/aromatic N) is 3. The summed E-state index contributed by atoms with van der Waals surface area (Å²) < 4.78 is 18.5. The highest BCUT2D eigenvalue weighted by molar-refractivity contribution is 8.13. The average molecular weight is 325 g/mol. The second-order valence-electron chi connectivity index (χ2n) is 3.29. The van der Waals surface area contributed by atoms with Gasteiger partial charge in [0.15, 0.2) is 0 Å².